The zero-order chi connectivity index (χ0) is 17.8. The van der Waals surface area contributed by atoms with Crippen LogP contribution in [0.15, 0.2) is 24.3 Å². The van der Waals surface area contributed by atoms with Crippen molar-refractivity contribution in [2.45, 2.75) is 45.1 Å². The maximum absolute atomic E-state index is 13.3. The van der Waals surface area contributed by atoms with Crippen LogP contribution in [0.5, 0.6) is 0 Å². The summed E-state index contributed by atoms with van der Waals surface area (Å²) in [5.74, 6) is 0.0803. The van der Waals surface area contributed by atoms with E-state index in [1.54, 1.807) is 4.90 Å². The molecule has 0 N–H and O–H groups in total. The van der Waals surface area contributed by atoms with E-state index in [0.717, 1.165) is 43.6 Å². The Morgan fingerprint density at radius 1 is 1.12 bits per heavy atom. The van der Waals surface area contributed by atoms with Gasteiger partial charge in [-0.2, -0.15) is 0 Å². The van der Waals surface area contributed by atoms with Gasteiger partial charge in [-0.15, -0.1) is 0 Å². The van der Waals surface area contributed by atoms with Gasteiger partial charge in [-0.05, 0) is 31.4 Å². The number of nitrogens with zero attached hydrogens (tertiary/aromatic N) is 3. The van der Waals surface area contributed by atoms with E-state index < -0.39 is 0 Å². The van der Waals surface area contributed by atoms with E-state index in [1.807, 2.05) is 36.2 Å². The van der Waals surface area contributed by atoms with E-state index in [2.05, 4.69) is 11.8 Å². The number of carbonyl (C=O) groups excluding carboxylic acids is 2. The largest absolute Gasteiger partial charge is 0.371 e. The second kappa shape index (κ2) is 7.89. The van der Waals surface area contributed by atoms with Gasteiger partial charge in [0.1, 0.15) is 6.04 Å². The molecule has 2 aliphatic heterocycles. The number of hydrogen-bond donors (Lipinski definition) is 0. The zero-order valence-corrected chi connectivity index (χ0v) is 15.4. The molecule has 2 amide bonds. The van der Waals surface area contributed by atoms with Gasteiger partial charge in [-0.1, -0.05) is 31.9 Å². The molecule has 0 saturated carbocycles. The van der Waals surface area contributed by atoms with Gasteiger partial charge in [0.25, 0.3) is 5.91 Å². The fraction of sp³-hybridized carbons (Fsp3) is 0.600. The van der Waals surface area contributed by atoms with Crippen LogP contribution < -0.4 is 4.90 Å². The highest BCUT2D eigenvalue weighted by atomic mass is 16.2. The number of likely N-dealkylation sites (N-methyl/N-ethyl adjacent to an activating group) is 1. The van der Waals surface area contributed by atoms with Crippen molar-refractivity contribution in [3.05, 3.63) is 29.8 Å². The lowest BCUT2D eigenvalue weighted by Crippen LogP contribution is -2.57. The summed E-state index contributed by atoms with van der Waals surface area (Å²) in [4.78, 5) is 31.8. The fourth-order valence-corrected chi connectivity index (χ4v) is 3.87. The summed E-state index contributed by atoms with van der Waals surface area (Å²) in [6.07, 6.45) is 5.09. The second-order valence-corrected chi connectivity index (χ2v) is 7.13. The maximum Gasteiger partial charge on any atom is 0.256 e. The molecule has 5 heteroatoms. The van der Waals surface area contributed by atoms with Gasteiger partial charge in [0.15, 0.2) is 0 Å². The lowest BCUT2D eigenvalue weighted by Gasteiger charge is -2.39. The number of rotatable bonds is 5. The van der Waals surface area contributed by atoms with E-state index in [-0.39, 0.29) is 17.9 Å². The smallest absolute Gasteiger partial charge is 0.256 e. The topological polar surface area (TPSA) is 43.9 Å². The molecule has 1 atom stereocenters. The van der Waals surface area contributed by atoms with E-state index in [4.69, 9.17) is 0 Å². The van der Waals surface area contributed by atoms with E-state index in [1.165, 1.54) is 12.8 Å². The van der Waals surface area contributed by atoms with E-state index >= 15 is 0 Å². The maximum atomic E-state index is 13.3. The van der Waals surface area contributed by atoms with Crippen LogP contribution in [0, 0.1) is 0 Å². The summed E-state index contributed by atoms with van der Waals surface area (Å²) in [5, 5.41) is 0. The van der Waals surface area contributed by atoms with Crippen LogP contribution in [-0.2, 0) is 4.79 Å². The quantitative estimate of drug-likeness (QED) is 0.826. The van der Waals surface area contributed by atoms with Gasteiger partial charge in [0.2, 0.25) is 5.91 Å². The number of para-hydroxylation sites is 1. The highest BCUT2D eigenvalue weighted by molar-refractivity contribution is 6.02. The molecule has 2 heterocycles. The summed E-state index contributed by atoms with van der Waals surface area (Å²) >= 11 is 0. The molecule has 0 spiro atoms. The molecule has 3 rings (SSSR count). The van der Waals surface area contributed by atoms with Crippen LogP contribution in [0.3, 0.4) is 0 Å². The summed E-state index contributed by atoms with van der Waals surface area (Å²) < 4.78 is 0. The van der Waals surface area contributed by atoms with Gasteiger partial charge in [0, 0.05) is 38.9 Å². The lowest BCUT2D eigenvalue weighted by atomic mass is 10.0. The monoisotopic (exact) mass is 343 g/mol. The van der Waals surface area contributed by atoms with Crippen LogP contribution in [-0.4, -0.2) is 60.9 Å². The minimum Gasteiger partial charge on any atom is -0.371 e. The number of amides is 2. The molecule has 0 aliphatic carbocycles. The molecular formula is C20H29N3O2. The summed E-state index contributed by atoms with van der Waals surface area (Å²) in [6.45, 7) is 5.35. The Morgan fingerprint density at radius 2 is 1.84 bits per heavy atom. The molecule has 0 bridgehead atoms. The van der Waals surface area contributed by atoms with Crippen LogP contribution in [0.4, 0.5) is 5.69 Å². The van der Waals surface area contributed by atoms with Gasteiger partial charge >= 0.3 is 0 Å². The average molecular weight is 343 g/mol. The molecule has 2 aliphatic rings. The van der Waals surface area contributed by atoms with Crippen molar-refractivity contribution in [2.75, 3.05) is 38.1 Å². The van der Waals surface area contributed by atoms with Crippen molar-refractivity contribution in [3.63, 3.8) is 0 Å². The molecule has 0 unspecified atom stereocenters. The van der Waals surface area contributed by atoms with Crippen molar-refractivity contribution in [1.82, 2.24) is 9.80 Å². The second-order valence-electron chi connectivity index (χ2n) is 7.13. The van der Waals surface area contributed by atoms with Crippen LogP contribution in [0.25, 0.3) is 0 Å². The van der Waals surface area contributed by atoms with Crippen molar-refractivity contribution >= 4 is 17.5 Å². The first-order valence-electron chi connectivity index (χ1n) is 9.53. The molecule has 25 heavy (non-hydrogen) atoms. The predicted octanol–water partition coefficient (Wildman–Crippen LogP) is 2.76. The van der Waals surface area contributed by atoms with Crippen LogP contribution in [0.1, 0.15) is 49.4 Å². The molecule has 1 aromatic rings. The Hall–Kier alpha value is -2.04. The fourth-order valence-electron chi connectivity index (χ4n) is 3.87. The highest BCUT2D eigenvalue weighted by Gasteiger charge is 2.36. The Balaban J connectivity index is 1.87. The molecule has 136 valence electrons. The van der Waals surface area contributed by atoms with Crippen molar-refractivity contribution in [1.29, 1.82) is 0 Å². The highest BCUT2D eigenvalue weighted by Crippen LogP contribution is 2.27. The molecule has 2 fully saturated rings. The summed E-state index contributed by atoms with van der Waals surface area (Å²) in [7, 11) is 1.83. The van der Waals surface area contributed by atoms with Crippen LogP contribution >= 0.6 is 0 Å². The number of unbranched alkanes of at least 4 members (excludes halogenated alkanes) is 1. The summed E-state index contributed by atoms with van der Waals surface area (Å²) in [5.41, 5.74) is 1.76. The Labute approximate surface area is 150 Å². The van der Waals surface area contributed by atoms with E-state index in [0.29, 0.717) is 13.1 Å². The third kappa shape index (κ3) is 3.65. The van der Waals surface area contributed by atoms with Gasteiger partial charge in [-0.3, -0.25) is 9.59 Å². The van der Waals surface area contributed by atoms with Gasteiger partial charge < -0.3 is 14.7 Å². The first-order valence-corrected chi connectivity index (χ1v) is 9.53. The zero-order valence-electron chi connectivity index (χ0n) is 15.4. The predicted molar refractivity (Wildman–Crippen MR) is 99.9 cm³/mol. The number of hydrogen-bond acceptors (Lipinski definition) is 3. The first-order chi connectivity index (χ1) is 12.1. The average Bonchev–Trinajstić information content (AvgIpc) is 3.17. The molecule has 1 aromatic carbocycles. The summed E-state index contributed by atoms with van der Waals surface area (Å²) in [6, 6.07) is 7.55. The molecule has 5 nitrogen and oxygen atoms in total. The number of anilines is 1. The van der Waals surface area contributed by atoms with Gasteiger partial charge in [-0.25, -0.2) is 0 Å². The molecule has 2 saturated heterocycles. The number of benzene rings is 1. The third-order valence-corrected chi connectivity index (χ3v) is 5.39. The molecule has 0 radical (unpaired) electrons. The first kappa shape index (κ1) is 17.8. The minimum absolute atomic E-state index is 0.00468. The standard InChI is InChI=1S/C20H29N3O2/c1-3-4-10-18-20(25)21(2)14-15-23(18)19(24)16-9-5-6-11-17(16)22-12-7-8-13-22/h5-6,9,11,18H,3-4,7-8,10,12-15H2,1-2H3/t18-/m1/s1. The SMILES string of the molecule is CCCC[C@@H]1C(=O)N(C)CCN1C(=O)c1ccccc1N1CCCC1. The van der Waals surface area contributed by atoms with Crippen molar-refractivity contribution < 1.29 is 9.59 Å². The van der Waals surface area contributed by atoms with Gasteiger partial charge in [0.05, 0.1) is 5.56 Å². The van der Waals surface area contributed by atoms with Crippen LogP contribution in [0.2, 0.25) is 0 Å². The van der Waals surface area contributed by atoms with Crippen molar-refractivity contribution in [2.24, 2.45) is 0 Å². The third-order valence-electron chi connectivity index (χ3n) is 5.39. The van der Waals surface area contributed by atoms with Crippen molar-refractivity contribution in [3.8, 4) is 0 Å². The van der Waals surface area contributed by atoms with E-state index in [9.17, 15) is 9.59 Å². The Morgan fingerprint density at radius 3 is 2.56 bits per heavy atom. The normalized spacial score (nSPS) is 21.1. The molecule has 0 aromatic heterocycles. The Kier molecular flexibility index (Phi) is 5.61. The molecular weight excluding hydrogens is 314 g/mol. The minimum atomic E-state index is -0.321. The number of carbonyl (C=O) groups is 2. The Bertz CT molecular complexity index is 625. The number of piperazine rings is 1. The lowest BCUT2D eigenvalue weighted by molar-refractivity contribution is -0.138.